The first-order valence-electron chi connectivity index (χ1n) is 7.57. The van der Waals surface area contributed by atoms with Crippen LogP contribution in [-0.2, 0) is 4.79 Å². The summed E-state index contributed by atoms with van der Waals surface area (Å²) < 4.78 is 0. The lowest BCUT2D eigenvalue weighted by atomic mass is 9.87. The minimum atomic E-state index is -0.0362. The minimum absolute atomic E-state index is 0.0362. The van der Waals surface area contributed by atoms with E-state index in [0.29, 0.717) is 12.5 Å². The summed E-state index contributed by atoms with van der Waals surface area (Å²) in [4.78, 5) is 14.4. The predicted octanol–water partition coefficient (Wildman–Crippen LogP) is 1.74. The first-order valence-corrected chi connectivity index (χ1v) is 7.57. The highest BCUT2D eigenvalue weighted by Crippen LogP contribution is 2.21. The number of rotatable bonds is 5. The zero-order valence-electron chi connectivity index (χ0n) is 13.0. The summed E-state index contributed by atoms with van der Waals surface area (Å²) >= 11 is 0. The molecule has 1 fully saturated rings. The molecule has 19 heavy (non-hydrogen) atoms. The molecule has 1 saturated heterocycles. The molecule has 1 aliphatic heterocycles. The normalized spacial score (nSPS) is 23.1. The summed E-state index contributed by atoms with van der Waals surface area (Å²) in [5.74, 6) is 0.111. The first-order chi connectivity index (χ1) is 8.80. The fourth-order valence-corrected chi connectivity index (χ4v) is 2.84. The molecule has 2 atom stereocenters. The molecular weight excluding hydrogens is 238 g/mol. The van der Waals surface area contributed by atoms with Crippen LogP contribution >= 0.6 is 0 Å². The average Bonchev–Trinajstić information content (AvgIpc) is 2.26. The zero-order chi connectivity index (χ0) is 14.5. The van der Waals surface area contributed by atoms with Gasteiger partial charge in [-0.3, -0.25) is 4.79 Å². The topological polar surface area (TPSA) is 58.4 Å². The van der Waals surface area contributed by atoms with Crippen LogP contribution in [0.4, 0.5) is 0 Å². The molecular formula is C15H31N3O. The van der Waals surface area contributed by atoms with Gasteiger partial charge in [-0.1, -0.05) is 27.7 Å². The molecule has 1 amide bonds. The van der Waals surface area contributed by atoms with E-state index in [1.165, 1.54) is 6.42 Å². The molecule has 1 aliphatic rings. The molecule has 0 aromatic rings. The fourth-order valence-electron chi connectivity index (χ4n) is 2.84. The van der Waals surface area contributed by atoms with E-state index in [4.69, 9.17) is 5.73 Å². The van der Waals surface area contributed by atoms with Crippen LogP contribution in [0.25, 0.3) is 0 Å². The Morgan fingerprint density at radius 2 is 2.16 bits per heavy atom. The Bertz CT molecular complexity index is 286. The van der Waals surface area contributed by atoms with Crippen LogP contribution in [0.1, 0.15) is 53.4 Å². The lowest BCUT2D eigenvalue weighted by Gasteiger charge is -2.32. The SMILES string of the molecule is CCN1CCCC(NC(=O)CC(N)CC(C)(C)C)C1. The molecule has 4 nitrogen and oxygen atoms in total. The first kappa shape index (κ1) is 16.4. The van der Waals surface area contributed by atoms with Crippen LogP contribution < -0.4 is 11.1 Å². The van der Waals surface area contributed by atoms with E-state index >= 15 is 0 Å². The number of likely N-dealkylation sites (tertiary alicyclic amines) is 1. The number of carbonyl (C=O) groups excluding carboxylic acids is 1. The Morgan fingerprint density at radius 1 is 1.47 bits per heavy atom. The Morgan fingerprint density at radius 3 is 2.74 bits per heavy atom. The quantitative estimate of drug-likeness (QED) is 0.799. The summed E-state index contributed by atoms with van der Waals surface area (Å²) in [5, 5.41) is 3.14. The van der Waals surface area contributed by atoms with E-state index < -0.39 is 0 Å². The number of hydrogen-bond donors (Lipinski definition) is 2. The average molecular weight is 269 g/mol. The second-order valence-electron chi connectivity index (χ2n) is 7.03. The van der Waals surface area contributed by atoms with Crippen molar-refractivity contribution in [3.05, 3.63) is 0 Å². The third-order valence-electron chi connectivity index (χ3n) is 3.64. The van der Waals surface area contributed by atoms with Crippen molar-refractivity contribution in [1.82, 2.24) is 10.2 Å². The Kier molecular flexibility index (Phi) is 6.27. The monoisotopic (exact) mass is 269 g/mol. The highest BCUT2D eigenvalue weighted by atomic mass is 16.1. The summed E-state index contributed by atoms with van der Waals surface area (Å²) in [7, 11) is 0. The number of nitrogens with two attached hydrogens (primary N) is 1. The molecule has 1 rings (SSSR count). The van der Waals surface area contributed by atoms with Crippen LogP contribution in [0.3, 0.4) is 0 Å². The second-order valence-corrected chi connectivity index (χ2v) is 7.03. The third-order valence-corrected chi connectivity index (χ3v) is 3.64. The number of nitrogens with one attached hydrogen (secondary N) is 1. The lowest BCUT2D eigenvalue weighted by Crippen LogP contribution is -2.48. The number of carbonyl (C=O) groups is 1. The summed E-state index contributed by atoms with van der Waals surface area (Å²) in [6, 6.07) is 0.272. The van der Waals surface area contributed by atoms with Crippen LogP contribution in [0, 0.1) is 5.41 Å². The molecule has 4 heteroatoms. The van der Waals surface area contributed by atoms with Crippen LogP contribution in [0.15, 0.2) is 0 Å². The number of nitrogens with zero attached hydrogens (tertiary/aromatic N) is 1. The molecule has 0 spiro atoms. The number of hydrogen-bond acceptors (Lipinski definition) is 3. The van der Waals surface area contributed by atoms with Gasteiger partial charge in [-0.25, -0.2) is 0 Å². The zero-order valence-corrected chi connectivity index (χ0v) is 13.0. The second kappa shape index (κ2) is 7.25. The van der Waals surface area contributed by atoms with Gasteiger partial charge in [0.05, 0.1) is 0 Å². The Hall–Kier alpha value is -0.610. The number of piperidine rings is 1. The fraction of sp³-hybridized carbons (Fsp3) is 0.933. The van der Waals surface area contributed by atoms with Crippen molar-refractivity contribution in [3.8, 4) is 0 Å². The number of amides is 1. The van der Waals surface area contributed by atoms with Gasteiger partial charge >= 0.3 is 0 Å². The third kappa shape index (κ3) is 6.92. The van der Waals surface area contributed by atoms with Gasteiger partial charge in [0.15, 0.2) is 0 Å². The Balaban J connectivity index is 2.30. The van der Waals surface area contributed by atoms with Crippen LogP contribution in [0.5, 0.6) is 0 Å². The number of likely N-dealkylation sites (N-methyl/N-ethyl adjacent to an activating group) is 1. The molecule has 0 saturated carbocycles. The smallest absolute Gasteiger partial charge is 0.221 e. The molecule has 0 bridgehead atoms. The van der Waals surface area contributed by atoms with Crippen LogP contribution in [-0.4, -0.2) is 42.5 Å². The van der Waals surface area contributed by atoms with E-state index in [1.54, 1.807) is 0 Å². The van der Waals surface area contributed by atoms with E-state index in [-0.39, 0.29) is 17.4 Å². The van der Waals surface area contributed by atoms with E-state index in [0.717, 1.165) is 32.5 Å². The molecule has 0 aliphatic carbocycles. The van der Waals surface area contributed by atoms with Gasteiger partial charge in [0, 0.05) is 25.0 Å². The molecule has 0 aromatic heterocycles. The summed E-state index contributed by atoms with van der Waals surface area (Å²) in [6.07, 6.45) is 3.59. The van der Waals surface area contributed by atoms with Crippen molar-refractivity contribution in [3.63, 3.8) is 0 Å². The largest absolute Gasteiger partial charge is 0.352 e. The molecule has 3 N–H and O–H groups in total. The standard InChI is InChI=1S/C15H31N3O/c1-5-18-8-6-7-13(11-18)17-14(19)9-12(16)10-15(2,3)4/h12-13H,5-11,16H2,1-4H3,(H,17,19). The molecule has 112 valence electrons. The molecule has 1 heterocycles. The summed E-state index contributed by atoms with van der Waals surface area (Å²) in [6.45, 7) is 11.9. The maximum atomic E-state index is 12.0. The van der Waals surface area contributed by atoms with Crippen molar-refractivity contribution < 1.29 is 4.79 Å². The predicted molar refractivity (Wildman–Crippen MR) is 79.9 cm³/mol. The van der Waals surface area contributed by atoms with Gasteiger partial charge in [-0.2, -0.15) is 0 Å². The van der Waals surface area contributed by atoms with Gasteiger partial charge in [0.2, 0.25) is 5.91 Å². The van der Waals surface area contributed by atoms with E-state index in [9.17, 15) is 4.79 Å². The van der Waals surface area contributed by atoms with Gasteiger partial charge in [0.1, 0.15) is 0 Å². The van der Waals surface area contributed by atoms with Gasteiger partial charge in [-0.15, -0.1) is 0 Å². The molecule has 2 unspecified atom stereocenters. The van der Waals surface area contributed by atoms with Crippen molar-refractivity contribution >= 4 is 5.91 Å². The van der Waals surface area contributed by atoms with Gasteiger partial charge < -0.3 is 16.0 Å². The molecule has 0 radical (unpaired) electrons. The highest BCUT2D eigenvalue weighted by Gasteiger charge is 2.22. The van der Waals surface area contributed by atoms with Crippen LogP contribution in [0.2, 0.25) is 0 Å². The van der Waals surface area contributed by atoms with Crippen molar-refractivity contribution in [2.45, 2.75) is 65.5 Å². The maximum absolute atomic E-state index is 12.0. The Labute approximate surface area is 118 Å². The minimum Gasteiger partial charge on any atom is -0.352 e. The highest BCUT2D eigenvalue weighted by molar-refractivity contribution is 5.76. The maximum Gasteiger partial charge on any atom is 0.221 e. The van der Waals surface area contributed by atoms with E-state index in [1.807, 2.05) is 0 Å². The van der Waals surface area contributed by atoms with Gasteiger partial charge in [-0.05, 0) is 37.8 Å². The van der Waals surface area contributed by atoms with Crippen molar-refractivity contribution in [1.29, 1.82) is 0 Å². The lowest BCUT2D eigenvalue weighted by molar-refractivity contribution is -0.122. The molecule has 0 aromatic carbocycles. The van der Waals surface area contributed by atoms with E-state index in [2.05, 4.69) is 37.9 Å². The summed E-state index contributed by atoms with van der Waals surface area (Å²) in [5.41, 5.74) is 6.23. The van der Waals surface area contributed by atoms with Gasteiger partial charge in [0.25, 0.3) is 0 Å². The van der Waals surface area contributed by atoms with Crippen molar-refractivity contribution in [2.24, 2.45) is 11.1 Å². The van der Waals surface area contributed by atoms with Crippen molar-refractivity contribution in [2.75, 3.05) is 19.6 Å².